The lowest BCUT2D eigenvalue weighted by Crippen LogP contribution is -2.48. The van der Waals surface area contributed by atoms with Crippen LogP contribution in [0.4, 0.5) is 0 Å². The summed E-state index contributed by atoms with van der Waals surface area (Å²) in [7, 11) is 1.67. The molecule has 88 valence electrons. The van der Waals surface area contributed by atoms with E-state index >= 15 is 0 Å². The van der Waals surface area contributed by atoms with Crippen LogP contribution in [0.2, 0.25) is 0 Å². The minimum atomic E-state index is -0.217. The van der Waals surface area contributed by atoms with E-state index in [2.05, 4.69) is 10.6 Å². The van der Waals surface area contributed by atoms with Gasteiger partial charge in [0, 0.05) is 26.8 Å². The van der Waals surface area contributed by atoms with Crippen molar-refractivity contribution in [1.82, 2.24) is 10.6 Å². The molecule has 0 aromatic rings. The summed E-state index contributed by atoms with van der Waals surface area (Å²) in [6, 6.07) is 0. The number of nitrogens with one attached hydrogen (secondary N) is 2. The van der Waals surface area contributed by atoms with Gasteiger partial charge in [0.1, 0.15) is 0 Å². The highest BCUT2D eigenvalue weighted by atomic mass is 16.5. The molecule has 0 saturated carbocycles. The van der Waals surface area contributed by atoms with Crippen molar-refractivity contribution in [2.75, 3.05) is 33.4 Å². The maximum atomic E-state index is 11.9. The quantitative estimate of drug-likeness (QED) is 0.656. The standard InChI is InChI=1S/C11H22N2O2/c1-11(5-3-6-12-9-11)10(14)13-7-4-8-15-2/h12H,3-9H2,1-2H3,(H,13,14). The van der Waals surface area contributed by atoms with Crippen LogP contribution in [0.5, 0.6) is 0 Å². The van der Waals surface area contributed by atoms with Gasteiger partial charge in [-0.15, -0.1) is 0 Å². The Morgan fingerprint density at radius 3 is 3.00 bits per heavy atom. The predicted octanol–water partition coefficient (Wildman–Crippen LogP) is 0.529. The smallest absolute Gasteiger partial charge is 0.227 e. The molecule has 4 heteroatoms. The van der Waals surface area contributed by atoms with Crippen molar-refractivity contribution in [3.8, 4) is 0 Å². The van der Waals surface area contributed by atoms with Gasteiger partial charge in [-0.05, 0) is 32.7 Å². The van der Waals surface area contributed by atoms with Crippen molar-refractivity contribution in [1.29, 1.82) is 0 Å². The summed E-state index contributed by atoms with van der Waals surface area (Å²) in [6.45, 7) is 5.28. The number of ether oxygens (including phenoxy) is 1. The first kappa shape index (κ1) is 12.5. The second-order valence-corrected chi connectivity index (χ2v) is 4.44. The van der Waals surface area contributed by atoms with Gasteiger partial charge in [0.25, 0.3) is 0 Å². The van der Waals surface area contributed by atoms with Gasteiger partial charge >= 0.3 is 0 Å². The average molecular weight is 214 g/mol. The highest BCUT2D eigenvalue weighted by Gasteiger charge is 2.34. The molecule has 0 bridgehead atoms. The Morgan fingerprint density at radius 1 is 1.60 bits per heavy atom. The summed E-state index contributed by atoms with van der Waals surface area (Å²) in [6.07, 6.45) is 2.95. The molecule has 1 fully saturated rings. The molecule has 4 nitrogen and oxygen atoms in total. The van der Waals surface area contributed by atoms with E-state index in [1.807, 2.05) is 6.92 Å². The van der Waals surface area contributed by atoms with Crippen LogP contribution < -0.4 is 10.6 Å². The molecule has 1 aliphatic rings. The number of piperidine rings is 1. The van der Waals surface area contributed by atoms with Crippen LogP contribution in [0.3, 0.4) is 0 Å². The van der Waals surface area contributed by atoms with Gasteiger partial charge in [-0.1, -0.05) is 0 Å². The van der Waals surface area contributed by atoms with Crippen LogP contribution in [0.1, 0.15) is 26.2 Å². The number of hydrogen-bond donors (Lipinski definition) is 2. The second-order valence-electron chi connectivity index (χ2n) is 4.44. The van der Waals surface area contributed by atoms with E-state index in [1.54, 1.807) is 7.11 Å². The minimum absolute atomic E-state index is 0.172. The molecule has 1 aliphatic heterocycles. The van der Waals surface area contributed by atoms with E-state index in [9.17, 15) is 4.79 Å². The van der Waals surface area contributed by atoms with E-state index < -0.39 is 0 Å². The fourth-order valence-corrected chi connectivity index (χ4v) is 1.88. The van der Waals surface area contributed by atoms with Crippen molar-refractivity contribution < 1.29 is 9.53 Å². The summed E-state index contributed by atoms with van der Waals surface area (Å²) in [5.41, 5.74) is -0.217. The summed E-state index contributed by atoms with van der Waals surface area (Å²) in [5.74, 6) is 0.172. The van der Waals surface area contributed by atoms with Crippen LogP contribution in [0.25, 0.3) is 0 Å². The fourth-order valence-electron chi connectivity index (χ4n) is 1.88. The zero-order valence-electron chi connectivity index (χ0n) is 9.77. The Balaban J connectivity index is 2.25. The highest BCUT2D eigenvalue weighted by molar-refractivity contribution is 5.82. The predicted molar refractivity (Wildman–Crippen MR) is 59.7 cm³/mol. The van der Waals surface area contributed by atoms with E-state index in [4.69, 9.17) is 4.74 Å². The fraction of sp³-hybridized carbons (Fsp3) is 0.909. The Hall–Kier alpha value is -0.610. The number of amides is 1. The highest BCUT2D eigenvalue weighted by Crippen LogP contribution is 2.25. The monoisotopic (exact) mass is 214 g/mol. The molecule has 1 rings (SSSR count). The van der Waals surface area contributed by atoms with Crippen LogP contribution in [-0.4, -0.2) is 39.3 Å². The maximum absolute atomic E-state index is 11.9. The van der Waals surface area contributed by atoms with Crippen LogP contribution in [0.15, 0.2) is 0 Å². The van der Waals surface area contributed by atoms with Gasteiger partial charge in [-0.3, -0.25) is 4.79 Å². The van der Waals surface area contributed by atoms with Crippen LogP contribution in [0, 0.1) is 5.41 Å². The molecule has 1 amide bonds. The normalized spacial score (nSPS) is 26.3. The number of carbonyl (C=O) groups excluding carboxylic acids is 1. The van der Waals surface area contributed by atoms with Crippen molar-refractivity contribution in [2.45, 2.75) is 26.2 Å². The summed E-state index contributed by atoms with van der Waals surface area (Å²) in [4.78, 5) is 11.9. The molecule has 1 unspecified atom stereocenters. The molecule has 0 spiro atoms. The van der Waals surface area contributed by atoms with E-state index in [0.717, 1.165) is 32.4 Å². The molecule has 1 saturated heterocycles. The third-order valence-corrected chi connectivity index (χ3v) is 2.96. The summed E-state index contributed by atoms with van der Waals surface area (Å²) >= 11 is 0. The second kappa shape index (κ2) is 6.08. The Morgan fingerprint density at radius 2 is 2.40 bits per heavy atom. The topological polar surface area (TPSA) is 50.4 Å². The lowest BCUT2D eigenvalue weighted by atomic mass is 9.82. The summed E-state index contributed by atoms with van der Waals surface area (Å²) in [5, 5.41) is 6.24. The van der Waals surface area contributed by atoms with E-state index in [0.29, 0.717) is 13.2 Å². The molecule has 0 radical (unpaired) electrons. The largest absolute Gasteiger partial charge is 0.385 e. The number of methoxy groups -OCH3 is 1. The van der Waals surface area contributed by atoms with Crippen LogP contribution >= 0.6 is 0 Å². The molecule has 2 N–H and O–H groups in total. The van der Waals surface area contributed by atoms with Crippen molar-refractivity contribution >= 4 is 5.91 Å². The number of carbonyl (C=O) groups is 1. The van der Waals surface area contributed by atoms with Gasteiger partial charge in [0.05, 0.1) is 5.41 Å². The molecule has 0 aliphatic carbocycles. The third kappa shape index (κ3) is 3.80. The van der Waals surface area contributed by atoms with Gasteiger partial charge in [0.2, 0.25) is 5.91 Å². The first-order chi connectivity index (χ1) is 7.19. The molecular weight excluding hydrogens is 192 g/mol. The number of hydrogen-bond acceptors (Lipinski definition) is 3. The van der Waals surface area contributed by atoms with Crippen molar-refractivity contribution in [3.63, 3.8) is 0 Å². The Bertz CT molecular complexity index is 201. The SMILES string of the molecule is COCCCNC(=O)C1(C)CCCNC1. The van der Waals surface area contributed by atoms with E-state index in [-0.39, 0.29) is 11.3 Å². The molecular formula is C11H22N2O2. The number of rotatable bonds is 5. The molecule has 0 aromatic heterocycles. The van der Waals surface area contributed by atoms with Gasteiger partial charge < -0.3 is 15.4 Å². The van der Waals surface area contributed by atoms with Crippen molar-refractivity contribution in [3.05, 3.63) is 0 Å². The Labute approximate surface area is 91.8 Å². The zero-order valence-corrected chi connectivity index (χ0v) is 9.77. The third-order valence-electron chi connectivity index (χ3n) is 2.96. The Kier molecular flexibility index (Phi) is 5.05. The minimum Gasteiger partial charge on any atom is -0.385 e. The first-order valence-electron chi connectivity index (χ1n) is 5.67. The molecule has 1 atom stereocenters. The maximum Gasteiger partial charge on any atom is 0.227 e. The summed E-state index contributed by atoms with van der Waals surface area (Å²) < 4.78 is 4.93. The van der Waals surface area contributed by atoms with Gasteiger partial charge in [-0.25, -0.2) is 0 Å². The molecule has 0 aromatic carbocycles. The van der Waals surface area contributed by atoms with Gasteiger partial charge in [0.15, 0.2) is 0 Å². The van der Waals surface area contributed by atoms with E-state index in [1.165, 1.54) is 0 Å². The molecule has 15 heavy (non-hydrogen) atoms. The average Bonchev–Trinajstić information content (AvgIpc) is 2.25. The molecule has 1 heterocycles. The van der Waals surface area contributed by atoms with Gasteiger partial charge in [-0.2, -0.15) is 0 Å². The van der Waals surface area contributed by atoms with Crippen molar-refractivity contribution in [2.24, 2.45) is 5.41 Å². The zero-order chi connectivity index (χ0) is 11.1. The first-order valence-corrected chi connectivity index (χ1v) is 5.67. The lowest BCUT2D eigenvalue weighted by Gasteiger charge is -2.32. The van der Waals surface area contributed by atoms with Crippen LogP contribution in [-0.2, 0) is 9.53 Å². The lowest BCUT2D eigenvalue weighted by molar-refractivity contribution is -0.131.